The van der Waals surface area contributed by atoms with Crippen LogP contribution in [0.4, 0.5) is 0 Å². The third kappa shape index (κ3) is 9.75. The van der Waals surface area contributed by atoms with Gasteiger partial charge in [-0.1, -0.05) is 57.5 Å². The van der Waals surface area contributed by atoms with Crippen molar-refractivity contribution in [3.63, 3.8) is 0 Å². The maximum absolute atomic E-state index is 10.3. The molecule has 23 heavy (non-hydrogen) atoms. The summed E-state index contributed by atoms with van der Waals surface area (Å²) in [7, 11) is 0. The number of hydrogen-bond acceptors (Lipinski definition) is 3. The van der Waals surface area contributed by atoms with E-state index in [1.165, 1.54) is 11.1 Å². The SMILES string of the molecule is Cc1cccc(CN(CCC(C)C)C[C@@H](O)COCC(C)C)c1. The van der Waals surface area contributed by atoms with Gasteiger partial charge >= 0.3 is 0 Å². The molecule has 0 spiro atoms. The van der Waals surface area contributed by atoms with Crippen molar-refractivity contribution in [3.05, 3.63) is 35.4 Å². The monoisotopic (exact) mass is 321 g/mol. The maximum atomic E-state index is 10.3. The molecule has 0 saturated heterocycles. The van der Waals surface area contributed by atoms with E-state index in [1.54, 1.807) is 0 Å². The van der Waals surface area contributed by atoms with E-state index in [0.717, 1.165) is 19.5 Å². The van der Waals surface area contributed by atoms with Gasteiger partial charge in [0.25, 0.3) is 0 Å². The van der Waals surface area contributed by atoms with E-state index < -0.39 is 6.10 Å². The Morgan fingerprint density at radius 2 is 1.83 bits per heavy atom. The zero-order valence-electron chi connectivity index (χ0n) is 15.6. The van der Waals surface area contributed by atoms with Crippen LogP contribution in [0.15, 0.2) is 24.3 Å². The van der Waals surface area contributed by atoms with Crippen LogP contribution in [0.5, 0.6) is 0 Å². The van der Waals surface area contributed by atoms with Crippen molar-refractivity contribution in [1.82, 2.24) is 4.90 Å². The van der Waals surface area contributed by atoms with Crippen LogP contribution in [-0.2, 0) is 11.3 Å². The van der Waals surface area contributed by atoms with Crippen molar-refractivity contribution in [1.29, 1.82) is 0 Å². The number of ether oxygens (including phenoxy) is 1. The Balaban J connectivity index is 2.53. The summed E-state index contributed by atoms with van der Waals surface area (Å²) in [5.74, 6) is 1.18. The third-order valence-corrected chi connectivity index (χ3v) is 3.74. The lowest BCUT2D eigenvalue weighted by molar-refractivity contribution is 0.00628. The number of nitrogens with zero attached hydrogens (tertiary/aromatic N) is 1. The van der Waals surface area contributed by atoms with E-state index in [1.807, 2.05) is 0 Å². The fourth-order valence-electron chi connectivity index (χ4n) is 2.53. The van der Waals surface area contributed by atoms with Crippen LogP contribution in [0.25, 0.3) is 0 Å². The van der Waals surface area contributed by atoms with Gasteiger partial charge in [0.05, 0.1) is 12.7 Å². The average molecular weight is 322 g/mol. The van der Waals surface area contributed by atoms with Gasteiger partial charge in [-0.05, 0) is 37.3 Å². The Bertz CT molecular complexity index is 431. The molecular formula is C20H35NO2. The first-order valence-electron chi connectivity index (χ1n) is 8.90. The number of hydrogen-bond donors (Lipinski definition) is 1. The van der Waals surface area contributed by atoms with Gasteiger partial charge in [0.2, 0.25) is 0 Å². The summed E-state index contributed by atoms with van der Waals surface area (Å²) < 4.78 is 5.58. The Morgan fingerprint density at radius 3 is 2.43 bits per heavy atom. The van der Waals surface area contributed by atoms with Gasteiger partial charge in [-0.25, -0.2) is 0 Å². The first-order chi connectivity index (χ1) is 10.9. The minimum atomic E-state index is -0.425. The number of aliphatic hydroxyl groups is 1. The maximum Gasteiger partial charge on any atom is 0.0900 e. The Labute approximate surface area is 142 Å². The van der Waals surface area contributed by atoms with Crippen molar-refractivity contribution in [3.8, 4) is 0 Å². The second-order valence-corrected chi connectivity index (χ2v) is 7.49. The standard InChI is InChI=1S/C20H35NO2/c1-16(2)9-10-21(12-19-8-6-7-18(5)11-19)13-20(22)15-23-14-17(3)4/h6-8,11,16-17,20,22H,9-10,12-15H2,1-5H3/t20-/m1/s1. The summed E-state index contributed by atoms with van der Waals surface area (Å²) in [5, 5.41) is 10.3. The highest BCUT2D eigenvalue weighted by Gasteiger charge is 2.13. The van der Waals surface area contributed by atoms with E-state index in [-0.39, 0.29) is 0 Å². The van der Waals surface area contributed by atoms with Crippen molar-refractivity contribution in [2.24, 2.45) is 11.8 Å². The molecular weight excluding hydrogens is 286 g/mol. The summed E-state index contributed by atoms with van der Waals surface area (Å²) >= 11 is 0. The van der Waals surface area contributed by atoms with Crippen LogP contribution in [-0.4, -0.2) is 42.4 Å². The minimum absolute atomic E-state index is 0.421. The van der Waals surface area contributed by atoms with Gasteiger partial charge in [0.1, 0.15) is 0 Å². The number of aryl methyl sites for hydroxylation is 1. The van der Waals surface area contributed by atoms with Gasteiger partial charge < -0.3 is 9.84 Å². The fraction of sp³-hybridized carbons (Fsp3) is 0.700. The van der Waals surface area contributed by atoms with E-state index in [0.29, 0.717) is 31.6 Å². The molecule has 3 nitrogen and oxygen atoms in total. The highest BCUT2D eigenvalue weighted by Crippen LogP contribution is 2.11. The molecule has 0 unspecified atom stereocenters. The van der Waals surface area contributed by atoms with Gasteiger partial charge in [-0.15, -0.1) is 0 Å². The van der Waals surface area contributed by atoms with Crippen molar-refractivity contribution >= 4 is 0 Å². The summed E-state index contributed by atoms with van der Waals surface area (Å²) in [6.07, 6.45) is 0.719. The molecule has 1 atom stereocenters. The molecule has 1 aromatic carbocycles. The molecule has 0 aliphatic heterocycles. The van der Waals surface area contributed by atoms with Crippen molar-refractivity contribution < 1.29 is 9.84 Å². The lowest BCUT2D eigenvalue weighted by atomic mass is 10.1. The largest absolute Gasteiger partial charge is 0.389 e. The topological polar surface area (TPSA) is 32.7 Å². The molecule has 0 aliphatic carbocycles. The highest BCUT2D eigenvalue weighted by atomic mass is 16.5. The lowest BCUT2D eigenvalue weighted by Crippen LogP contribution is -2.36. The molecule has 0 fully saturated rings. The van der Waals surface area contributed by atoms with Gasteiger partial charge in [-0.2, -0.15) is 0 Å². The van der Waals surface area contributed by atoms with E-state index in [9.17, 15) is 5.11 Å². The van der Waals surface area contributed by atoms with Crippen LogP contribution >= 0.6 is 0 Å². The molecule has 0 heterocycles. The predicted molar refractivity (Wildman–Crippen MR) is 97.6 cm³/mol. The van der Waals surface area contributed by atoms with Crippen LogP contribution < -0.4 is 0 Å². The molecule has 132 valence electrons. The summed E-state index contributed by atoms with van der Waals surface area (Å²) in [5.41, 5.74) is 2.59. The van der Waals surface area contributed by atoms with Crippen LogP contribution in [0, 0.1) is 18.8 Å². The van der Waals surface area contributed by atoms with E-state index in [4.69, 9.17) is 4.74 Å². The molecule has 0 amide bonds. The number of benzene rings is 1. The summed E-state index contributed by atoms with van der Waals surface area (Å²) in [6, 6.07) is 8.62. The molecule has 3 heteroatoms. The molecule has 1 N–H and O–H groups in total. The molecule has 1 aromatic rings. The molecule has 0 aromatic heterocycles. The first-order valence-corrected chi connectivity index (χ1v) is 8.90. The van der Waals surface area contributed by atoms with Crippen molar-refractivity contribution in [2.75, 3.05) is 26.3 Å². The number of aliphatic hydroxyl groups excluding tert-OH is 1. The van der Waals surface area contributed by atoms with E-state index >= 15 is 0 Å². The van der Waals surface area contributed by atoms with Crippen LogP contribution in [0.3, 0.4) is 0 Å². The second kappa shape index (κ2) is 10.8. The molecule has 1 rings (SSSR count). The van der Waals surface area contributed by atoms with Crippen LogP contribution in [0.1, 0.15) is 45.2 Å². The molecule has 0 saturated carbocycles. The first kappa shape index (κ1) is 20.1. The van der Waals surface area contributed by atoms with Gasteiger partial charge in [-0.3, -0.25) is 4.90 Å². The second-order valence-electron chi connectivity index (χ2n) is 7.49. The lowest BCUT2D eigenvalue weighted by Gasteiger charge is -2.26. The van der Waals surface area contributed by atoms with Crippen molar-refractivity contribution in [2.45, 2.75) is 53.7 Å². The summed E-state index contributed by atoms with van der Waals surface area (Å²) in [4.78, 5) is 2.35. The Morgan fingerprint density at radius 1 is 1.09 bits per heavy atom. The Kier molecular flexibility index (Phi) is 9.46. The molecule has 0 radical (unpaired) electrons. The summed E-state index contributed by atoms with van der Waals surface area (Å²) in [6.45, 7) is 14.5. The van der Waals surface area contributed by atoms with Gasteiger partial charge in [0.15, 0.2) is 0 Å². The van der Waals surface area contributed by atoms with E-state index in [2.05, 4.69) is 63.8 Å². The van der Waals surface area contributed by atoms with Crippen LogP contribution in [0.2, 0.25) is 0 Å². The zero-order valence-corrected chi connectivity index (χ0v) is 15.6. The molecule has 0 bridgehead atoms. The van der Waals surface area contributed by atoms with Gasteiger partial charge in [0, 0.05) is 19.7 Å². The predicted octanol–water partition coefficient (Wildman–Crippen LogP) is 3.88. The quantitative estimate of drug-likeness (QED) is 0.671. The third-order valence-electron chi connectivity index (χ3n) is 3.74. The normalized spacial score (nSPS) is 13.3. The highest BCUT2D eigenvalue weighted by molar-refractivity contribution is 5.22. The molecule has 0 aliphatic rings. The Hall–Kier alpha value is -0.900. The zero-order chi connectivity index (χ0) is 17.2. The smallest absolute Gasteiger partial charge is 0.0900 e. The minimum Gasteiger partial charge on any atom is -0.389 e. The number of rotatable bonds is 11. The average Bonchev–Trinajstić information content (AvgIpc) is 2.44. The fourth-order valence-corrected chi connectivity index (χ4v) is 2.53.